The predicted octanol–water partition coefficient (Wildman–Crippen LogP) is 4.30. The van der Waals surface area contributed by atoms with E-state index < -0.39 is 0 Å². The quantitative estimate of drug-likeness (QED) is 0.633. The van der Waals surface area contributed by atoms with Gasteiger partial charge in [-0.3, -0.25) is 0 Å². The second-order valence-electron chi connectivity index (χ2n) is 6.14. The van der Waals surface area contributed by atoms with Gasteiger partial charge < -0.3 is 4.90 Å². The highest BCUT2D eigenvalue weighted by Crippen LogP contribution is 2.25. The molecule has 15 heavy (non-hydrogen) atoms. The molecule has 0 heterocycles. The van der Waals surface area contributed by atoms with Crippen LogP contribution in [0.4, 0.5) is 0 Å². The number of allylic oxidation sites excluding steroid dienone is 1. The Morgan fingerprint density at radius 2 is 1.80 bits per heavy atom. The molecule has 0 unspecified atom stereocenters. The Bertz CT molecular complexity index is 186. The largest absolute Gasteiger partial charge is 0.375 e. The maximum Gasteiger partial charge on any atom is 0.0197 e. The van der Waals surface area contributed by atoms with Crippen molar-refractivity contribution in [1.29, 1.82) is 0 Å². The summed E-state index contributed by atoms with van der Waals surface area (Å²) in [6, 6.07) is 0. The molecule has 0 rings (SSSR count). The Kier molecular flexibility index (Phi) is 6.00. The molecule has 1 nitrogen and oxygen atoms in total. The second kappa shape index (κ2) is 6.19. The molecule has 0 radical (unpaired) electrons. The van der Waals surface area contributed by atoms with Gasteiger partial charge in [-0.1, -0.05) is 48.1 Å². The summed E-state index contributed by atoms with van der Waals surface area (Å²) < 4.78 is 0. The Balaban J connectivity index is 4.28. The minimum atomic E-state index is 0.347. The lowest BCUT2D eigenvalue weighted by Crippen LogP contribution is -2.29. The van der Waals surface area contributed by atoms with Gasteiger partial charge in [-0.2, -0.15) is 0 Å². The molecule has 0 aromatic rings. The summed E-state index contributed by atoms with van der Waals surface area (Å²) in [5, 5.41) is 0. The summed E-state index contributed by atoms with van der Waals surface area (Å²) in [7, 11) is 0. The van der Waals surface area contributed by atoms with Crippen molar-refractivity contribution in [3.05, 3.63) is 12.3 Å². The van der Waals surface area contributed by atoms with E-state index in [4.69, 9.17) is 0 Å². The first kappa shape index (κ1) is 14.5. The lowest BCUT2D eigenvalue weighted by atomic mass is 9.90. The second-order valence-corrected chi connectivity index (χ2v) is 6.14. The van der Waals surface area contributed by atoms with Crippen molar-refractivity contribution in [1.82, 2.24) is 4.90 Å². The van der Waals surface area contributed by atoms with E-state index in [2.05, 4.69) is 53.0 Å². The van der Waals surface area contributed by atoms with Crippen molar-refractivity contribution in [2.75, 3.05) is 13.1 Å². The van der Waals surface area contributed by atoms with Gasteiger partial charge in [-0.15, -0.1) is 0 Å². The zero-order valence-corrected chi connectivity index (χ0v) is 11.6. The first-order valence-corrected chi connectivity index (χ1v) is 6.19. The number of hydrogen-bond donors (Lipinski definition) is 0. The van der Waals surface area contributed by atoms with E-state index in [0.29, 0.717) is 11.3 Å². The Labute approximate surface area is 96.6 Å². The summed E-state index contributed by atoms with van der Waals surface area (Å²) >= 11 is 0. The van der Waals surface area contributed by atoms with E-state index >= 15 is 0 Å². The van der Waals surface area contributed by atoms with Crippen LogP contribution in [0.5, 0.6) is 0 Å². The van der Waals surface area contributed by atoms with E-state index in [-0.39, 0.29) is 0 Å². The van der Waals surface area contributed by atoms with Crippen molar-refractivity contribution in [3.8, 4) is 0 Å². The SMILES string of the molecule is C=C(CC(C)(C)C)N(CCC)CC(C)C. The van der Waals surface area contributed by atoms with Gasteiger partial charge in [0, 0.05) is 18.8 Å². The molecule has 90 valence electrons. The summed E-state index contributed by atoms with van der Waals surface area (Å²) in [5.41, 5.74) is 1.65. The molecular weight excluding hydrogens is 182 g/mol. The lowest BCUT2D eigenvalue weighted by Gasteiger charge is -2.32. The minimum Gasteiger partial charge on any atom is -0.375 e. The van der Waals surface area contributed by atoms with Crippen LogP contribution in [0.2, 0.25) is 0 Å². The van der Waals surface area contributed by atoms with Crippen LogP contribution in [0.1, 0.15) is 54.4 Å². The van der Waals surface area contributed by atoms with Crippen molar-refractivity contribution in [3.63, 3.8) is 0 Å². The molecule has 0 aromatic heterocycles. The Morgan fingerprint density at radius 3 is 2.13 bits per heavy atom. The molecule has 0 N–H and O–H groups in total. The van der Waals surface area contributed by atoms with E-state index in [0.717, 1.165) is 19.5 Å². The molecule has 0 spiro atoms. The van der Waals surface area contributed by atoms with E-state index in [9.17, 15) is 0 Å². The molecule has 0 amide bonds. The lowest BCUT2D eigenvalue weighted by molar-refractivity contribution is 0.265. The van der Waals surface area contributed by atoms with Crippen LogP contribution in [0, 0.1) is 11.3 Å². The van der Waals surface area contributed by atoms with E-state index in [1.165, 1.54) is 12.1 Å². The molecule has 0 bridgehead atoms. The first-order valence-electron chi connectivity index (χ1n) is 6.19. The topological polar surface area (TPSA) is 3.24 Å². The molecule has 0 fully saturated rings. The van der Waals surface area contributed by atoms with E-state index in [1.807, 2.05) is 0 Å². The molecule has 0 saturated heterocycles. The van der Waals surface area contributed by atoms with Crippen molar-refractivity contribution in [2.45, 2.75) is 54.4 Å². The Morgan fingerprint density at radius 1 is 1.27 bits per heavy atom. The van der Waals surface area contributed by atoms with Gasteiger partial charge in [0.1, 0.15) is 0 Å². The van der Waals surface area contributed by atoms with Gasteiger partial charge in [-0.25, -0.2) is 0 Å². The van der Waals surface area contributed by atoms with Gasteiger partial charge in [0.15, 0.2) is 0 Å². The van der Waals surface area contributed by atoms with Gasteiger partial charge >= 0.3 is 0 Å². The smallest absolute Gasteiger partial charge is 0.0197 e. The number of rotatable bonds is 6. The third-order valence-corrected chi connectivity index (χ3v) is 2.26. The van der Waals surface area contributed by atoms with Gasteiger partial charge in [0.05, 0.1) is 0 Å². The highest BCUT2D eigenvalue weighted by Gasteiger charge is 2.16. The zero-order chi connectivity index (χ0) is 12.1. The zero-order valence-electron chi connectivity index (χ0n) is 11.6. The van der Waals surface area contributed by atoms with Gasteiger partial charge in [-0.05, 0) is 24.2 Å². The fraction of sp³-hybridized carbons (Fsp3) is 0.857. The van der Waals surface area contributed by atoms with Crippen LogP contribution in [0.25, 0.3) is 0 Å². The summed E-state index contributed by atoms with van der Waals surface area (Å²) in [5.74, 6) is 0.716. The molecule has 1 heteroatoms. The van der Waals surface area contributed by atoms with Crippen LogP contribution in [0.15, 0.2) is 12.3 Å². The highest BCUT2D eigenvalue weighted by atomic mass is 15.1. The van der Waals surface area contributed by atoms with Crippen LogP contribution in [-0.4, -0.2) is 18.0 Å². The van der Waals surface area contributed by atoms with Gasteiger partial charge in [0.25, 0.3) is 0 Å². The normalized spacial score (nSPS) is 11.9. The van der Waals surface area contributed by atoms with Crippen LogP contribution >= 0.6 is 0 Å². The molecule has 0 aromatic carbocycles. The molecule has 0 aliphatic carbocycles. The summed E-state index contributed by atoms with van der Waals surface area (Å²) in [6.45, 7) is 20.1. The first-order chi connectivity index (χ1) is 6.76. The summed E-state index contributed by atoms with van der Waals surface area (Å²) in [6.07, 6.45) is 2.30. The minimum absolute atomic E-state index is 0.347. The monoisotopic (exact) mass is 211 g/mol. The molecular formula is C14H29N. The van der Waals surface area contributed by atoms with Crippen LogP contribution in [0.3, 0.4) is 0 Å². The van der Waals surface area contributed by atoms with Gasteiger partial charge in [0.2, 0.25) is 0 Å². The van der Waals surface area contributed by atoms with Crippen molar-refractivity contribution >= 4 is 0 Å². The van der Waals surface area contributed by atoms with Crippen LogP contribution in [-0.2, 0) is 0 Å². The van der Waals surface area contributed by atoms with E-state index in [1.54, 1.807) is 0 Å². The third-order valence-electron chi connectivity index (χ3n) is 2.26. The third kappa shape index (κ3) is 7.47. The average Bonchev–Trinajstić information content (AvgIpc) is 1.99. The molecule has 0 aliphatic heterocycles. The maximum atomic E-state index is 4.24. The van der Waals surface area contributed by atoms with Crippen molar-refractivity contribution < 1.29 is 0 Å². The standard InChI is InChI=1S/C14H29N/c1-8-9-15(11-12(2)3)13(4)10-14(5,6)7/h12H,4,8-11H2,1-3,5-7H3. The Hall–Kier alpha value is -0.460. The van der Waals surface area contributed by atoms with Crippen molar-refractivity contribution in [2.24, 2.45) is 11.3 Å². The highest BCUT2D eigenvalue weighted by molar-refractivity contribution is 4.97. The molecule has 0 aliphatic rings. The fourth-order valence-electron chi connectivity index (χ4n) is 1.81. The molecule has 0 atom stereocenters. The average molecular weight is 211 g/mol. The summed E-state index contributed by atoms with van der Waals surface area (Å²) in [4.78, 5) is 2.45. The van der Waals surface area contributed by atoms with Crippen LogP contribution < -0.4 is 0 Å². The number of hydrogen-bond acceptors (Lipinski definition) is 1. The molecule has 0 saturated carbocycles. The predicted molar refractivity (Wildman–Crippen MR) is 69.9 cm³/mol. The maximum absolute atomic E-state index is 4.24. The number of nitrogens with zero attached hydrogens (tertiary/aromatic N) is 1. The fourth-order valence-corrected chi connectivity index (χ4v) is 1.81.